The number of aromatic amines is 7. The molecule has 111 heavy (non-hydrogen) atoms. The minimum atomic E-state index is 0. The largest absolute Gasteiger partial charge is 0.367 e. The van der Waals surface area contributed by atoms with E-state index in [-0.39, 0.29) is 95.6 Å². The van der Waals surface area contributed by atoms with E-state index in [1.54, 1.807) is 18.9 Å². The summed E-state index contributed by atoms with van der Waals surface area (Å²) in [5.74, 6) is 1.04. The number of nitrogens with zero attached hydrogens (tertiary/aromatic N) is 5. The maximum atomic E-state index is 4.13. The molecule has 0 radical (unpaired) electrons. The quantitative estimate of drug-likeness (QED) is 0.0807. The van der Waals surface area contributed by atoms with Crippen molar-refractivity contribution in [3.8, 4) is 0 Å². The Bertz CT molecular complexity index is 3740. The number of H-pyrrole nitrogens is 7. The number of hydrogen-bond acceptors (Lipinski definition) is 3. The SMILES string of the molecule is C.C.C.C.C.C.C.CC(C)(C)C.CC(C)(C)c1c[nH]c2ccccc12.CC(C)(C)c1cc2ccccc2[nH]1.CC(C)(C)c1cc[nH]c1.CC(C)(C)c1ccc[nH]1.CC(C)(C)c1cnc[nH]1.CC(C)(C)c1cnc[nH]1.CC(C)(C)c1ncc[nH]1.CC(C)(C)n1ccc2ccccc21.CC(C)(C)n1cccc1.c1ccccc1. The summed E-state index contributed by atoms with van der Waals surface area (Å²) in [5.41, 5.74) is 14.0. The summed E-state index contributed by atoms with van der Waals surface area (Å²) in [6.45, 7) is 67.9. The number of benzene rings is 4. The maximum Gasteiger partial charge on any atom is 0.111 e. The van der Waals surface area contributed by atoms with Crippen molar-refractivity contribution in [3.05, 3.63) is 272 Å². The van der Waals surface area contributed by atoms with Gasteiger partial charge < -0.3 is 44.0 Å². The molecule has 0 fully saturated rings. The smallest absolute Gasteiger partial charge is 0.111 e. The Balaban J connectivity index is -0.000000372. The van der Waals surface area contributed by atoms with Gasteiger partial charge in [-0.25, -0.2) is 15.0 Å². The molecule has 0 unspecified atom stereocenters. The maximum absolute atomic E-state index is 4.13. The van der Waals surface area contributed by atoms with Gasteiger partial charge in [0.25, 0.3) is 0 Å². The van der Waals surface area contributed by atoms with E-state index in [0.29, 0.717) is 10.8 Å². The van der Waals surface area contributed by atoms with E-state index in [2.05, 4.69) is 395 Å². The lowest BCUT2D eigenvalue weighted by Gasteiger charge is -2.22. The summed E-state index contributed by atoms with van der Waals surface area (Å²) in [4.78, 5) is 34.1. The van der Waals surface area contributed by atoms with Gasteiger partial charge in [0, 0.05) is 151 Å². The van der Waals surface area contributed by atoms with Crippen LogP contribution in [-0.2, 0) is 49.0 Å². The van der Waals surface area contributed by atoms with Crippen LogP contribution in [0, 0.1) is 5.41 Å². The summed E-state index contributed by atoms with van der Waals surface area (Å²) < 4.78 is 4.50. The standard InChI is InChI=1S/3C12H15N.3C8H13N.3C7H12N2.C6H6.C5H12.7CH4/c1-12(2,3)13-9-8-10-6-4-5-7-11(10)13;1-12(2,3)10-8-13-11-7-5-4-6-9(10)11;1-12(2,3)11-8-9-6-4-5-7-10(9)13-11;1-8(2,3)7-4-5-9-6-7;1-8(2,3)9-6-4-5-7-9;1-8(2,3)7-5-4-6-9-7;2*1-7(2,3)6-4-8-5-9-6;1-7(2,3)6-8-4-5-9-6;1-2-4-6-5-3-1;1-5(2,3)4;;;;;;;/h4-9H,1-3H3;2*4-8,13H,1-3H3;4-6,9H,1-3H3;4-7H,1-3H3;4-6,9H,1-3H3;3*4-5H,1-3H3,(H,8,9);1-6H;1-4H3;7*1H4. The molecule has 0 atom stereocenters. The Morgan fingerprint density at radius 1 is 0.324 bits per heavy atom. The monoisotopic (exact) mass is 1520 g/mol. The highest BCUT2D eigenvalue weighted by molar-refractivity contribution is 5.84. The Kier molecular flexibility index (Phi) is 48.5. The zero-order valence-corrected chi connectivity index (χ0v) is 70.2. The van der Waals surface area contributed by atoms with Crippen LogP contribution in [-0.4, -0.2) is 59.0 Å². The van der Waals surface area contributed by atoms with Gasteiger partial charge in [-0.2, -0.15) is 0 Å². The third-order valence-electron chi connectivity index (χ3n) is 15.8. The summed E-state index contributed by atoms with van der Waals surface area (Å²) in [7, 11) is 0. The zero-order valence-electron chi connectivity index (χ0n) is 70.2. The van der Waals surface area contributed by atoms with Gasteiger partial charge in [0.1, 0.15) is 5.82 Å². The molecular formula is C99H166N12. The van der Waals surface area contributed by atoms with Gasteiger partial charge in [0.2, 0.25) is 0 Å². The molecule has 12 heteroatoms. The number of hydrogen-bond donors (Lipinski definition) is 7. The molecule has 0 aliphatic carbocycles. The molecule has 9 heterocycles. The predicted octanol–water partition coefficient (Wildman–Crippen LogP) is 30.5. The molecule has 9 aromatic heterocycles. The normalized spacial score (nSPS) is 11.1. The lowest BCUT2D eigenvalue weighted by Crippen LogP contribution is -2.20. The van der Waals surface area contributed by atoms with E-state index in [4.69, 9.17) is 0 Å². The fourth-order valence-electron chi connectivity index (χ4n) is 9.60. The van der Waals surface area contributed by atoms with Crippen molar-refractivity contribution in [2.24, 2.45) is 5.41 Å². The minimum absolute atomic E-state index is 0. The molecule has 7 N–H and O–H groups in total. The average Bonchev–Trinajstić information content (AvgIpc) is 1.67. The third kappa shape index (κ3) is 42.8. The third-order valence-corrected chi connectivity index (χ3v) is 15.8. The van der Waals surface area contributed by atoms with Crippen molar-refractivity contribution in [1.29, 1.82) is 0 Å². The van der Waals surface area contributed by atoms with E-state index in [1.807, 2.05) is 91.8 Å². The van der Waals surface area contributed by atoms with Crippen LogP contribution in [0.25, 0.3) is 32.7 Å². The summed E-state index contributed by atoms with van der Waals surface area (Å²) in [6.07, 6.45) is 25.2. The lowest BCUT2D eigenvalue weighted by molar-refractivity contribution is 0.398. The Labute approximate surface area is 681 Å². The number of imidazole rings is 3. The highest BCUT2D eigenvalue weighted by Crippen LogP contribution is 2.31. The van der Waals surface area contributed by atoms with Gasteiger partial charge in [0.15, 0.2) is 0 Å². The highest BCUT2D eigenvalue weighted by atomic mass is 15.0. The van der Waals surface area contributed by atoms with Crippen molar-refractivity contribution in [2.45, 2.75) is 316 Å². The van der Waals surface area contributed by atoms with Crippen LogP contribution in [0.5, 0.6) is 0 Å². The van der Waals surface area contributed by atoms with Crippen molar-refractivity contribution in [1.82, 2.24) is 59.0 Å². The molecule has 0 spiro atoms. The average molecular weight is 1520 g/mol. The first-order valence-corrected chi connectivity index (χ1v) is 37.0. The van der Waals surface area contributed by atoms with Gasteiger partial charge in [0.05, 0.1) is 12.7 Å². The van der Waals surface area contributed by atoms with Crippen molar-refractivity contribution in [2.75, 3.05) is 0 Å². The first-order valence-electron chi connectivity index (χ1n) is 37.0. The molecule has 0 aliphatic heterocycles. The van der Waals surface area contributed by atoms with Crippen molar-refractivity contribution >= 4 is 32.7 Å². The highest BCUT2D eigenvalue weighted by Gasteiger charge is 2.21. The predicted molar refractivity (Wildman–Crippen MR) is 500 cm³/mol. The van der Waals surface area contributed by atoms with Crippen LogP contribution in [0.2, 0.25) is 0 Å². The van der Waals surface area contributed by atoms with Crippen LogP contribution in [0.4, 0.5) is 0 Å². The van der Waals surface area contributed by atoms with Gasteiger partial charge >= 0.3 is 0 Å². The topological polar surface area (TPSA) is 159 Å². The van der Waals surface area contributed by atoms with Crippen molar-refractivity contribution < 1.29 is 0 Å². The van der Waals surface area contributed by atoms with Crippen LogP contribution in [0.15, 0.2) is 232 Å². The van der Waals surface area contributed by atoms with Gasteiger partial charge in [-0.15, -0.1) is 0 Å². The molecule has 4 aromatic carbocycles. The fourth-order valence-corrected chi connectivity index (χ4v) is 9.60. The first-order chi connectivity index (χ1) is 47.9. The lowest BCUT2D eigenvalue weighted by atomic mass is 9.87. The fraction of sp³-hybridized carbons (Fsp3) is 0.485. The Morgan fingerprint density at radius 2 is 0.775 bits per heavy atom. The summed E-state index contributed by atoms with van der Waals surface area (Å²) in [5, 5.41) is 3.96. The summed E-state index contributed by atoms with van der Waals surface area (Å²) >= 11 is 0. The van der Waals surface area contributed by atoms with Crippen LogP contribution in [0.3, 0.4) is 0 Å². The second kappa shape index (κ2) is 48.7. The van der Waals surface area contributed by atoms with E-state index in [0.717, 1.165) is 5.82 Å². The first kappa shape index (κ1) is 111. The minimum Gasteiger partial charge on any atom is -0.367 e. The molecular weight excluding hydrogens is 1360 g/mol. The molecule has 13 aromatic rings. The van der Waals surface area contributed by atoms with E-state index in [1.165, 1.54) is 66.6 Å². The zero-order chi connectivity index (χ0) is 78.6. The molecule has 0 bridgehead atoms. The second-order valence-electron chi connectivity index (χ2n) is 37.2. The number of aromatic nitrogens is 12. The molecule has 0 saturated heterocycles. The van der Waals surface area contributed by atoms with Crippen LogP contribution < -0.4 is 0 Å². The number of nitrogens with one attached hydrogen (secondary N) is 7. The molecule has 12 nitrogen and oxygen atoms in total. The Morgan fingerprint density at radius 3 is 1.09 bits per heavy atom. The number of rotatable bonds is 0. The van der Waals surface area contributed by atoms with Crippen LogP contribution >= 0.6 is 0 Å². The van der Waals surface area contributed by atoms with Gasteiger partial charge in [-0.1, -0.05) is 316 Å². The van der Waals surface area contributed by atoms with E-state index in [9.17, 15) is 0 Å². The van der Waals surface area contributed by atoms with E-state index < -0.39 is 0 Å². The molecule has 13 rings (SSSR count). The molecule has 0 saturated carbocycles. The molecule has 622 valence electrons. The van der Waals surface area contributed by atoms with E-state index >= 15 is 0 Å². The van der Waals surface area contributed by atoms with Crippen LogP contribution in [0.1, 0.15) is 306 Å². The molecule has 0 aliphatic rings. The van der Waals surface area contributed by atoms with Gasteiger partial charge in [-0.05, 0) is 140 Å². The van der Waals surface area contributed by atoms with Gasteiger partial charge in [-0.3, -0.25) is 0 Å². The Hall–Kier alpha value is -9.03. The summed E-state index contributed by atoms with van der Waals surface area (Å²) in [6, 6.07) is 52.1. The second-order valence-corrected chi connectivity index (χ2v) is 37.2. The van der Waals surface area contributed by atoms with Crippen molar-refractivity contribution in [3.63, 3.8) is 0 Å². The number of para-hydroxylation sites is 3. The number of fused-ring (bicyclic) bond motifs is 3. The molecule has 0 amide bonds.